The Bertz CT molecular complexity index is 449. The smallest absolute Gasteiger partial charge is 0.124 e. The number of hydrogen-bond donors (Lipinski definition) is 2. The summed E-state index contributed by atoms with van der Waals surface area (Å²) in [6, 6.07) is 6.15. The molecular formula is C15H25N3O2. The molecule has 0 saturated carbocycles. The van der Waals surface area contributed by atoms with E-state index in [1.54, 1.807) is 14.2 Å². The van der Waals surface area contributed by atoms with Gasteiger partial charge in [0.2, 0.25) is 0 Å². The third kappa shape index (κ3) is 4.21. The largest absolute Gasteiger partial charge is 0.384 e. The summed E-state index contributed by atoms with van der Waals surface area (Å²) in [4.78, 5) is 2.17. The number of nitrogens with one attached hydrogen (secondary N) is 1. The lowest BCUT2D eigenvalue weighted by Crippen LogP contribution is -2.40. The van der Waals surface area contributed by atoms with E-state index in [2.05, 4.69) is 11.8 Å². The Balaban J connectivity index is 3.14. The van der Waals surface area contributed by atoms with Gasteiger partial charge in [-0.05, 0) is 26.0 Å². The van der Waals surface area contributed by atoms with Crippen LogP contribution in [-0.2, 0) is 9.47 Å². The maximum absolute atomic E-state index is 7.77. The van der Waals surface area contributed by atoms with Crippen molar-refractivity contribution < 1.29 is 9.47 Å². The summed E-state index contributed by atoms with van der Waals surface area (Å²) in [5.41, 5.74) is 8.51. The van der Waals surface area contributed by atoms with Gasteiger partial charge in [0, 0.05) is 38.1 Å². The molecule has 0 saturated heterocycles. The molecule has 5 heteroatoms. The molecule has 5 nitrogen and oxygen atoms in total. The lowest BCUT2D eigenvalue weighted by atomic mass is 10.1. The molecule has 0 aliphatic carbocycles. The molecule has 0 bridgehead atoms. The maximum atomic E-state index is 7.77. The Morgan fingerprint density at radius 3 is 2.60 bits per heavy atom. The number of aryl methyl sites for hydroxylation is 1. The molecule has 1 aromatic carbocycles. The minimum atomic E-state index is 0.0794. The van der Waals surface area contributed by atoms with Crippen molar-refractivity contribution >= 4 is 11.5 Å². The third-order valence-corrected chi connectivity index (χ3v) is 3.23. The van der Waals surface area contributed by atoms with Crippen LogP contribution < -0.4 is 10.6 Å². The molecule has 0 aliphatic heterocycles. The van der Waals surface area contributed by atoms with Gasteiger partial charge < -0.3 is 20.1 Å². The minimum Gasteiger partial charge on any atom is -0.384 e. The van der Waals surface area contributed by atoms with E-state index in [1.807, 2.05) is 25.1 Å². The molecular weight excluding hydrogens is 254 g/mol. The van der Waals surface area contributed by atoms with Crippen LogP contribution in [0.3, 0.4) is 0 Å². The van der Waals surface area contributed by atoms with Crippen molar-refractivity contribution in [1.82, 2.24) is 0 Å². The first-order chi connectivity index (χ1) is 9.51. The Hall–Kier alpha value is -1.59. The summed E-state index contributed by atoms with van der Waals surface area (Å²) in [5.74, 6) is 0.0794. The SMILES string of the molecule is COCCN(c1ccc(C)cc1C(=N)N)C(C)COC. The first kappa shape index (κ1) is 16.5. The van der Waals surface area contributed by atoms with Gasteiger partial charge in [0.1, 0.15) is 5.84 Å². The van der Waals surface area contributed by atoms with Crippen molar-refractivity contribution in [2.75, 3.05) is 38.9 Å². The summed E-state index contributed by atoms with van der Waals surface area (Å²) in [7, 11) is 3.37. The number of anilines is 1. The quantitative estimate of drug-likeness (QED) is 0.562. The molecule has 3 N–H and O–H groups in total. The lowest BCUT2D eigenvalue weighted by molar-refractivity contribution is 0.171. The number of ether oxygens (including phenoxy) is 2. The van der Waals surface area contributed by atoms with Gasteiger partial charge in [0.25, 0.3) is 0 Å². The molecule has 0 aromatic heterocycles. The van der Waals surface area contributed by atoms with Crippen molar-refractivity contribution in [2.24, 2.45) is 5.73 Å². The maximum Gasteiger partial charge on any atom is 0.124 e. The standard InChI is InChI=1S/C15H25N3O2/c1-11-5-6-14(13(9-11)15(16)17)18(7-8-19-3)12(2)10-20-4/h5-6,9,12H,7-8,10H2,1-4H3,(H3,16,17). The van der Waals surface area contributed by atoms with Gasteiger partial charge in [0.05, 0.1) is 13.2 Å². The van der Waals surface area contributed by atoms with E-state index >= 15 is 0 Å². The fourth-order valence-corrected chi connectivity index (χ4v) is 2.22. The number of rotatable bonds is 8. The number of amidine groups is 1. The third-order valence-electron chi connectivity index (χ3n) is 3.23. The van der Waals surface area contributed by atoms with Crippen molar-refractivity contribution in [1.29, 1.82) is 5.41 Å². The first-order valence-corrected chi connectivity index (χ1v) is 6.70. The second-order valence-electron chi connectivity index (χ2n) is 4.92. The minimum absolute atomic E-state index is 0.0794. The van der Waals surface area contributed by atoms with Crippen molar-refractivity contribution in [3.8, 4) is 0 Å². The number of nitrogens with two attached hydrogens (primary N) is 1. The van der Waals surface area contributed by atoms with E-state index in [-0.39, 0.29) is 11.9 Å². The summed E-state index contributed by atoms with van der Waals surface area (Å²) in [5, 5.41) is 7.77. The Kier molecular flexibility index (Phi) is 6.48. The predicted molar refractivity (Wildman–Crippen MR) is 82.8 cm³/mol. The predicted octanol–water partition coefficient (Wildman–Crippen LogP) is 1.77. The summed E-state index contributed by atoms with van der Waals surface area (Å²) in [6.45, 7) is 6.02. The van der Waals surface area contributed by atoms with Crippen LogP contribution in [-0.4, -0.2) is 45.9 Å². The molecule has 1 atom stereocenters. The van der Waals surface area contributed by atoms with Gasteiger partial charge in [0.15, 0.2) is 0 Å². The summed E-state index contributed by atoms with van der Waals surface area (Å²) >= 11 is 0. The summed E-state index contributed by atoms with van der Waals surface area (Å²) in [6.07, 6.45) is 0. The normalized spacial score (nSPS) is 12.2. The topological polar surface area (TPSA) is 71.6 Å². The van der Waals surface area contributed by atoms with Crippen LogP contribution in [0.25, 0.3) is 0 Å². The van der Waals surface area contributed by atoms with Crippen molar-refractivity contribution in [2.45, 2.75) is 19.9 Å². The molecule has 0 aliphatic rings. The van der Waals surface area contributed by atoms with Gasteiger partial charge in [-0.3, -0.25) is 5.41 Å². The molecule has 0 spiro atoms. The highest BCUT2D eigenvalue weighted by Gasteiger charge is 2.18. The molecule has 112 valence electrons. The number of hydrogen-bond acceptors (Lipinski definition) is 4. The van der Waals surface area contributed by atoms with Crippen molar-refractivity contribution in [3.05, 3.63) is 29.3 Å². The second-order valence-corrected chi connectivity index (χ2v) is 4.92. The van der Waals surface area contributed by atoms with Gasteiger partial charge in [-0.1, -0.05) is 11.6 Å². The van der Waals surface area contributed by atoms with Gasteiger partial charge in [-0.15, -0.1) is 0 Å². The highest BCUT2D eigenvalue weighted by atomic mass is 16.5. The molecule has 1 rings (SSSR count). The highest BCUT2D eigenvalue weighted by Crippen LogP contribution is 2.23. The van der Waals surface area contributed by atoms with Gasteiger partial charge in [-0.2, -0.15) is 0 Å². The molecule has 20 heavy (non-hydrogen) atoms. The highest BCUT2D eigenvalue weighted by molar-refractivity contribution is 6.00. The Labute approximate surface area is 121 Å². The Morgan fingerprint density at radius 1 is 1.35 bits per heavy atom. The van der Waals surface area contributed by atoms with Gasteiger partial charge >= 0.3 is 0 Å². The molecule has 0 fully saturated rings. The zero-order valence-electron chi connectivity index (χ0n) is 12.8. The van der Waals surface area contributed by atoms with Crippen LogP contribution >= 0.6 is 0 Å². The average Bonchev–Trinajstić information content (AvgIpc) is 2.40. The van der Waals surface area contributed by atoms with E-state index in [1.165, 1.54) is 0 Å². The molecule has 0 amide bonds. The van der Waals surface area contributed by atoms with Crippen LogP contribution in [0, 0.1) is 12.3 Å². The number of benzene rings is 1. The van der Waals surface area contributed by atoms with E-state index < -0.39 is 0 Å². The molecule has 1 unspecified atom stereocenters. The van der Waals surface area contributed by atoms with E-state index in [0.717, 1.165) is 23.4 Å². The number of methoxy groups -OCH3 is 2. The van der Waals surface area contributed by atoms with E-state index in [4.69, 9.17) is 20.6 Å². The van der Waals surface area contributed by atoms with Crippen LogP contribution in [0.2, 0.25) is 0 Å². The summed E-state index contributed by atoms with van der Waals surface area (Å²) < 4.78 is 10.4. The Morgan fingerprint density at radius 2 is 2.05 bits per heavy atom. The number of nitrogens with zero attached hydrogens (tertiary/aromatic N) is 1. The monoisotopic (exact) mass is 279 g/mol. The van der Waals surface area contributed by atoms with Gasteiger partial charge in [-0.25, -0.2) is 0 Å². The van der Waals surface area contributed by atoms with E-state index in [0.29, 0.717) is 13.2 Å². The molecule has 0 radical (unpaired) electrons. The fraction of sp³-hybridized carbons (Fsp3) is 0.533. The number of nitrogen functional groups attached to an aromatic ring is 1. The zero-order chi connectivity index (χ0) is 15.1. The molecule has 0 heterocycles. The zero-order valence-corrected chi connectivity index (χ0v) is 12.8. The lowest BCUT2D eigenvalue weighted by Gasteiger charge is -2.32. The first-order valence-electron chi connectivity index (χ1n) is 6.70. The van der Waals surface area contributed by atoms with Crippen LogP contribution in [0.15, 0.2) is 18.2 Å². The second kappa shape index (κ2) is 7.87. The van der Waals surface area contributed by atoms with Crippen LogP contribution in [0.1, 0.15) is 18.1 Å². The van der Waals surface area contributed by atoms with Crippen molar-refractivity contribution in [3.63, 3.8) is 0 Å². The average molecular weight is 279 g/mol. The fourth-order valence-electron chi connectivity index (χ4n) is 2.22. The van der Waals surface area contributed by atoms with E-state index in [9.17, 15) is 0 Å². The van der Waals surface area contributed by atoms with Crippen LogP contribution in [0.4, 0.5) is 5.69 Å². The molecule has 1 aromatic rings. The van der Waals surface area contributed by atoms with Crippen LogP contribution in [0.5, 0.6) is 0 Å².